The monoisotopic (exact) mass is 250 g/mol. The Balaban J connectivity index is 1.92. The molecule has 0 fully saturated rings. The van der Waals surface area contributed by atoms with Crippen molar-refractivity contribution in [2.24, 2.45) is 0 Å². The molecule has 1 heterocycles. The Bertz CT molecular complexity index is 473. The van der Waals surface area contributed by atoms with Crippen LogP contribution in [0, 0.1) is 0 Å². The summed E-state index contributed by atoms with van der Waals surface area (Å²) in [5.74, 6) is -0.334. The molecule has 1 amide bonds. The largest absolute Gasteiger partial charge is 0.482 e. The fourth-order valence-electron chi connectivity index (χ4n) is 1.67. The van der Waals surface area contributed by atoms with Gasteiger partial charge in [-0.2, -0.15) is 0 Å². The molecule has 96 valence electrons. The Labute approximate surface area is 104 Å². The van der Waals surface area contributed by atoms with Crippen molar-refractivity contribution < 1.29 is 19.4 Å². The highest BCUT2D eigenvalue weighted by Crippen LogP contribution is 2.30. The third-order valence-corrected chi connectivity index (χ3v) is 2.51. The van der Waals surface area contributed by atoms with E-state index in [-0.39, 0.29) is 18.9 Å². The van der Waals surface area contributed by atoms with E-state index in [0.717, 1.165) is 5.69 Å². The highest BCUT2D eigenvalue weighted by Gasteiger charge is 2.15. The van der Waals surface area contributed by atoms with Crippen molar-refractivity contribution in [1.82, 2.24) is 0 Å². The number of anilines is 2. The minimum absolute atomic E-state index is 0.0401. The van der Waals surface area contributed by atoms with Gasteiger partial charge in [0.05, 0.1) is 5.69 Å². The standard InChI is InChI=1S/C12H14N2O4/c15-11-7-18-10-4-3-8(6-9(10)14-11)13-5-1-2-12(16)17/h3-4,6,13H,1-2,5,7H2,(H,14,15)(H,16,17). The molecule has 1 aliphatic rings. The summed E-state index contributed by atoms with van der Waals surface area (Å²) >= 11 is 0. The van der Waals surface area contributed by atoms with Gasteiger partial charge in [-0.3, -0.25) is 9.59 Å². The molecule has 3 N–H and O–H groups in total. The van der Waals surface area contributed by atoms with Crippen LogP contribution in [0.4, 0.5) is 11.4 Å². The molecular weight excluding hydrogens is 236 g/mol. The van der Waals surface area contributed by atoms with Crippen molar-refractivity contribution in [2.75, 3.05) is 23.8 Å². The zero-order valence-electron chi connectivity index (χ0n) is 9.73. The summed E-state index contributed by atoms with van der Waals surface area (Å²) in [5.41, 5.74) is 1.46. The van der Waals surface area contributed by atoms with E-state index in [0.29, 0.717) is 24.4 Å². The molecule has 1 aromatic carbocycles. The molecular formula is C12H14N2O4. The third kappa shape index (κ3) is 3.13. The Morgan fingerprint density at radius 2 is 2.33 bits per heavy atom. The molecule has 0 atom stereocenters. The molecule has 0 bridgehead atoms. The van der Waals surface area contributed by atoms with Gasteiger partial charge in [0.2, 0.25) is 0 Å². The van der Waals surface area contributed by atoms with Crippen LogP contribution in [0.2, 0.25) is 0 Å². The van der Waals surface area contributed by atoms with Crippen molar-refractivity contribution in [3.63, 3.8) is 0 Å². The lowest BCUT2D eigenvalue weighted by Gasteiger charge is -2.18. The summed E-state index contributed by atoms with van der Waals surface area (Å²) in [5, 5.41) is 14.3. The molecule has 0 unspecified atom stereocenters. The van der Waals surface area contributed by atoms with Gasteiger partial charge in [-0.15, -0.1) is 0 Å². The van der Waals surface area contributed by atoms with Gasteiger partial charge in [0.15, 0.2) is 6.61 Å². The first kappa shape index (κ1) is 12.2. The van der Waals surface area contributed by atoms with E-state index in [1.165, 1.54) is 0 Å². The summed E-state index contributed by atoms with van der Waals surface area (Å²) in [4.78, 5) is 21.5. The highest BCUT2D eigenvalue weighted by atomic mass is 16.5. The molecule has 6 heteroatoms. The highest BCUT2D eigenvalue weighted by molar-refractivity contribution is 5.96. The van der Waals surface area contributed by atoms with Crippen LogP contribution >= 0.6 is 0 Å². The number of carboxylic acid groups (broad SMARTS) is 1. The average molecular weight is 250 g/mol. The number of aliphatic carboxylic acids is 1. The molecule has 0 saturated heterocycles. The van der Waals surface area contributed by atoms with Crippen LogP contribution in [0.25, 0.3) is 0 Å². The summed E-state index contributed by atoms with van der Waals surface area (Å²) in [6.45, 7) is 0.609. The lowest BCUT2D eigenvalue weighted by atomic mass is 10.2. The number of hydrogen-bond donors (Lipinski definition) is 3. The van der Waals surface area contributed by atoms with Crippen LogP contribution in [0.15, 0.2) is 18.2 Å². The molecule has 0 radical (unpaired) electrons. The van der Waals surface area contributed by atoms with Gasteiger partial charge in [0, 0.05) is 18.7 Å². The number of carboxylic acids is 1. The van der Waals surface area contributed by atoms with Crippen LogP contribution in [-0.4, -0.2) is 30.1 Å². The average Bonchev–Trinajstić information content (AvgIpc) is 2.34. The Morgan fingerprint density at radius 3 is 3.11 bits per heavy atom. The van der Waals surface area contributed by atoms with Gasteiger partial charge < -0.3 is 20.5 Å². The van der Waals surface area contributed by atoms with E-state index >= 15 is 0 Å². The van der Waals surface area contributed by atoms with E-state index in [2.05, 4.69) is 10.6 Å². The zero-order valence-corrected chi connectivity index (χ0v) is 9.73. The van der Waals surface area contributed by atoms with Crippen LogP contribution in [-0.2, 0) is 9.59 Å². The molecule has 1 aliphatic heterocycles. The van der Waals surface area contributed by atoms with Gasteiger partial charge >= 0.3 is 5.97 Å². The van der Waals surface area contributed by atoms with E-state index in [9.17, 15) is 9.59 Å². The molecule has 18 heavy (non-hydrogen) atoms. The van der Waals surface area contributed by atoms with E-state index in [1.54, 1.807) is 12.1 Å². The lowest BCUT2D eigenvalue weighted by Crippen LogP contribution is -2.25. The third-order valence-electron chi connectivity index (χ3n) is 2.51. The van der Waals surface area contributed by atoms with Gasteiger partial charge in [0.25, 0.3) is 5.91 Å². The second kappa shape index (κ2) is 5.39. The quantitative estimate of drug-likeness (QED) is 0.685. The van der Waals surface area contributed by atoms with Crippen LogP contribution in [0.3, 0.4) is 0 Å². The van der Waals surface area contributed by atoms with Gasteiger partial charge in [-0.25, -0.2) is 0 Å². The van der Waals surface area contributed by atoms with Gasteiger partial charge in [0.1, 0.15) is 5.75 Å². The minimum atomic E-state index is -0.803. The first-order valence-electron chi connectivity index (χ1n) is 5.67. The lowest BCUT2D eigenvalue weighted by molar-refractivity contribution is -0.137. The molecule has 1 aromatic rings. The molecule has 6 nitrogen and oxygen atoms in total. The Hall–Kier alpha value is -2.24. The molecule has 0 aliphatic carbocycles. The number of rotatable bonds is 5. The number of carbonyl (C=O) groups excluding carboxylic acids is 1. The number of hydrogen-bond acceptors (Lipinski definition) is 4. The van der Waals surface area contributed by atoms with Gasteiger partial charge in [-0.05, 0) is 24.6 Å². The van der Waals surface area contributed by atoms with E-state index in [4.69, 9.17) is 9.84 Å². The summed E-state index contributed by atoms with van der Waals surface area (Å²) in [7, 11) is 0. The maximum atomic E-state index is 11.2. The number of fused-ring (bicyclic) bond motifs is 1. The van der Waals surface area contributed by atoms with Crippen molar-refractivity contribution in [3.05, 3.63) is 18.2 Å². The van der Waals surface area contributed by atoms with Crippen molar-refractivity contribution >= 4 is 23.3 Å². The number of amides is 1. The first-order valence-corrected chi connectivity index (χ1v) is 5.67. The summed E-state index contributed by atoms with van der Waals surface area (Å²) < 4.78 is 5.23. The van der Waals surface area contributed by atoms with E-state index in [1.807, 2.05) is 6.07 Å². The fourth-order valence-corrected chi connectivity index (χ4v) is 1.67. The first-order chi connectivity index (χ1) is 8.65. The minimum Gasteiger partial charge on any atom is -0.482 e. The molecule has 2 rings (SSSR count). The normalized spacial score (nSPS) is 13.2. The maximum Gasteiger partial charge on any atom is 0.303 e. The number of benzene rings is 1. The Morgan fingerprint density at radius 1 is 1.50 bits per heavy atom. The predicted molar refractivity (Wildman–Crippen MR) is 65.9 cm³/mol. The van der Waals surface area contributed by atoms with Crippen molar-refractivity contribution in [2.45, 2.75) is 12.8 Å². The smallest absolute Gasteiger partial charge is 0.303 e. The SMILES string of the molecule is O=C(O)CCCNc1ccc2c(c1)NC(=O)CO2. The number of nitrogens with one attached hydrogen (secondary N) is 2. The topological polar surface area (TPSA) is 87.7 Å². The zero-order chi connectivity index (χ0) is 13.0. The fraction of sp³-hybridized carbons (Fsp3) is 0.333. The molecule has 0 spiro atoms. The van der Waals surface area contributed by atoms with E-state index < -0.39 is 5.97 Å². The van der Waals surface area contributed by atoms with Gasteiger partial charge in [-0.1, -0.05) is 0 Å². The molecule has 0 saturated carbocycles. The second-order valence-corrected chi connectivity index (χ2v) is 3.97. The molecule has 0 aromatic heterocycles. The Kier molecular flexibility index (Phi) is 3.66. The summed E-state index contributed by atoms with van der Waals surface area (Å²) in [6, 6.07) is 5.37. The number of ether oxygens (including phenoxy) is 1. The van der Waals surface area contributed by atoms with Crippen molar-refractivity contribution in [1.29, 1.82) is 0 Å². The van der Waals surface area contributed by atoms with Crippen LogP contribution in [0.5, 0.6) is 5.75 Å². The summed E-state index contributed by atoms with van der Waals surface area (Å²) in [6.07, 6.45) is 0.688. The van der Waals surface area contributed by atoms with Crippen LogP contribution < -0.4 is 15.4 Å². The van der Waals surface area contributed by atoms with Crippen LogP contribution in [0.1, 0.15) is 12.8 Å². The predicted octanol–water partition coefficient (Wildman–Crippen LogP) is 1.29. The maximum absolute atomic E-state index is 11.2. The van der Waals surface area contributed by atoms with Crippen molar-refractivity contribution in [3.8, 4) is 5.75 Å². The number of carbonyl (C=O) groups is 2. The second-order valence-electron chi connectivity index (χ2n) is 3.97.